The van der Waals surface area contributed by atoms with Crippen LogP contribution in [-0.2, 0) is 0 Å². The predicted molar refractivity (Wildman–Crippen MR) is 53.8 cm³/mol. The summed E-state index contributed by atoms with van der Waals surface area (Å²) in [6, 6.07) is 0. The Morgan fingerprint density at radius 3 is 3.08 bits per heavy atom. The number of hydrogen-bond acceptors (Lipinski definition) is 1. The molecule has 0 unspecified atom stereocenters. The van der Waals surface area contributed by atoms with Crippen LogP contribution in [0.4, 0.5) is 0 Å². The van der Waals surface area contributed by atoms with Gasteiger partial charge in [0.05, 0.1) is 6.20 Å². The highest BCUT2D eigenvalue weighted by Crippen LogP contribution is 2.40. The molecule has 0 saturated heterocycles. The van der Waals surface area contributed by atoms with Crippen LogP contribution in [-0.4, -0.2) is 10.2 Å². The van der Waals surface area contributed by atoms with Gasteiger partial charge in [0, 0.05) is 17.2 Å². The van der Waals surface area contributed by atoms with Crippen molar-refractivity contribution in [2.45, 2.75) is 38.5 Å². The van der Waals surface area contributed by atoms with Gasteiger partial charge in [-0.2, -0.15) is 5.10 Å². The maximum absolute atomic E-state index is 4.12. The zero-order chi connectivity index (χ0) is 9.42. The first-order valence-electron chi connectivity index (χ1n) is 4.88. The van der Waals surface area contributed by atoms with E-state index in [9.17, 15) is 0 Å². The monoisotopic (exact) mass is 176 g/mol. The average Bonchev–Trinajstić information content (AvgIpc) is 2.53. The SMILES string of the molecule is C=C(C)[C@@H]1CC[C@H](C)c2[nH]ncc21. The maximum atomic E-state index is 4.12. The van der Waals surface area contributed by atoms with Gasteiger partial charge in [-0.1, -0.05) is 19.1 Å². The lowest BCUT2D eigenvalue weighted by molar-refractivity contribution is 0.532. The number of hydrogen-bond donors (Lipinski definition) is 1. The van der Waals surface area contributed by atoms with Crippen LogP contribution < -0.4 is 0 Å². The van der Waals surface area contributed by atoms with E-state index in [0.29, 0.717) is 11.8 Å². The van der Waals surface area contributed by atoms with Crippen molar-refractivity contribution in [3.05, 3.63) is 29.6 Å². The smallest absolute Gasteiger partial charge is 0.0528 e. The summed E-state index contributed by atoms with van der Waals surface area (Å²) in [4.78, 5) is 0. The minimum absolute atomic E-state index is 0.532. The number of rotatable bonds is 1. The van der Waals surface area contributed by atoms with Gasteiger partial charge in [-0.05, 0) is 25.7 Å². The Bertz CT molecular complexity index is 325. The fourth-order valence-electron chi connectivity index (χ4n) is 2.21. The first-order chi connectivity index (χ1) is 6.20. The number of fused-ring (bicyclic) bond motifs is 1. The highest BCUT2D eigenvalue weighted by molar-refractivity contribution is 5.33. The van der Waals surface area contributed by atoms with Gasteiger partial charge in [0.1, 0.15) is 0 Å². The molecule has 70 valence electrons. The van der Waals surface area contributed by atoms with E-state index in [1.807, 2.05) is 6.20 Å². The molecule has 0 aliphatic heterocycles. The summed E-state index contributed by atoms with van der Waals surface area (Å²) in [5.41, 5.74) is 3.94. The summed E-state index contributed by atoms with van der Waals surface area (Å²) < 4.78 is 0. The molecule has 1 aliphatic carbocycles. The van der Waals surface area contributed by atoms with Crippen LogP contribution in [0.3, 0.4) is 0 Å². The van der Waals surface area contributed by atoms with Crippen LogP contribution >= 0.6 is 0 Å². The van der Waals surface area contributed by atoms with Gasteiger partial charge in [-0.15, -0.1) is 0 Å². The molecule has 0 bridgehead atoms. The van der Waals surface area contributed by atoms with Crippen LogP contribution in [0.1, 0.15) is 49.8 Å². The van der Waals surface area contributed by atoms with Crippen molar-refractivity contribution >= 4 is 0 Å². The zero-order valence-electron chi connectivity index (χ0n) is 8.30. The van der Waals surface area contributed by atoms with Gasteiger partial charge in [-0.3, -0.25) is 5.10 Å². The lowest BCUT2D eigenvalue weighted by Crippen LogP contribution is -2.12. The molecular formula is C11H16N2. The number of nitrogens with zero attached hydrogens (tertiary/aromatic N) is 1. The first kappa shape index (κ1) is 8.54. The number of nitrogens with one attached hydrogen (secondary N) is 1. The minimum Gasteiger partial charge on any atom is -0.282 e. The van der Waals surface area contributed by atoms with E-state index < -0.39 is 0 Å². The van der Waals surface area contributed by atoms with Crippen molar-refractivity contribution in [1.82, 2.24) is 10.2 Å². The molecule has 0 spiro atoms. The Morgan fingerprint density at radius 1 is 1.62 bits per heavy atom. The largest absolute Gasteiger partial charge is 0.282 e. The van der Waals surface area contributed by atoms with Gasteiger partial charge in [0.15, 0.2) is 0 Å². The molecule has 1 aliphatic rings. The molecular weight excluding hydrogens is 160 g/mol. The standard InChI is InChI=1S/C11H16N2/c1-7(2)9-5-4-8(3)11-10(9)6-12-13-11/h6,8-9H,1,4-5H2,2-3H3,(H,12,13)/t8-,9-/m0/s1. The number of aromatic amines is 1. The zero-order valence-corrected chi connectivity index (χ0v) is 8.30. The topological polar surface area (TPSA) is 28.7 Å². The van der Waals surface area contributed by atoms with Crippen LogP contribution in [0.25, 0.3) is 0 Å². The second kappa shape index (κ2) is 3.02. The number of H-pyrrole nitrogens is 1. The van der Waals surface area contributed by atoms with Crippen molar-refractivity contribution in [1.29, 1.82) is 0 Å². The van der Waals surface area contributed by atoms with Crippen molar-refractivity contribution in [3.63, 3.8) is 0 Å². The molecule has 2 rings (SSSR count). The molecule has 1 heterocycles. The predicted octanol–water partition coefficient (Wildman–Crippen LogP) is 2.97. The van der Waals surface area contributed by atoms with Crippen molar-refractivity contribution in [2.75, 3.05) is 0 Å². The molecule has 2 heteroatoms. The quantitative estimate of drug-likeness (QED) is 0.655. The van der Waals surface area contributed by atoms with E-state index in [4.69, 9.17) is 0 Å². The van der Waals surface area contributed by atoms with Crippen molar-refractivity contribution < 1.29 is 0 Å². The highest BCUT2D eigenvalue weighted by Gasteiger charge is 2.26. The fourth-order valence-corrected chi connectivity index (χ4v) is 2.21. The Balaban J connectivity index is 2.40. The number of allylic oxidation sites excluding steroid dienone is 1. The van der Waals surface area contributed by atoms with Crippen molar-refractivity contribution in [3.8, 4) is 0 Å². The average molecular weight is 176 g/mol. The Morgan fingerprint density at radius 2 is 2.38 bits per heavy atom. The molecule has 0 fully saturated rings. The van der Waals surface area contributed by atoms with Crippen LogP contribution in [0, 0.1) is 0 Å². The van der Waals surface area contributed by atoms with Gasteiger partial charge >= 0.3 is 0 Å². The van der Waals surface area contributed by atoms with Crippen LogP contribution in [0.2, 0.25) is 0 Å². The third-order valence-electron chi connectivity index (χ3n) is 3.05. The number of aromatic nitrogens is 2. The summed E-state index contributed by atoms with van der Waals surface area (Å²) in [5, 5.41) is 7.22. The van der Waals surface area contributed by atoms with Crippen LogP contribution in [0.5, 0.6) is 0 Å². The van der Waals surface area contributed by atoms with Gasteiger partial charge in [0.2, 0.25) is 0 Å². The first-order valence-corrected chi connectivity index (χ1v) is 4.88. The van der Waals surface area contributed by atoms with E-state index in [0.717, 1.165) is 0 Å². The fraction of sp³-hybridized carbons (Fsp3) is 0.545. The summed E-state index contributed by atoms with van der Waals surface area (Å²) >= 11 is 0. The summed E-state index contributed by atoms with van der Waals surface area (Å²) in [6.45, 7) is 8.40. The van der Waals surface area contributed by atoms with Gasteiger partial charge in [0.25, 0.3) is 0 Å². The minimum atomic E-state index is 0.532. The van der Waals surface area contributed by atoms with E-state index in [-0.39, 0.29) is 0 Å². The molecule has 2 nitrogen and oxygen atoms in total. The molecule has 0 radical (unpaired) electrons. The van der Waals surface area contributed by atoms with Crippen LogP contribution in [0.15, 0.2) is 18.3 Å². The molecule has 1 aromatic rings. The van der Waals surface area contributed by atoms with Crippen molar-refractivity contribution in [2.24, 2.45) is 0 Å². The normalized spacial score (nSPS) is 26.9. The Hall–Kier alpha value is -1.05. The van der Waals surface area contributed by atoms with E-state index in [1.165, 1.54) is 29.7 Å². The highest BCUT2D eigenvalue weighted by atomic mass is 15.1. The molecule has 13 heavy (non-hydrogen) atoms. The van der Waals surface area contributed by atoms with Gasteiger partial charge < -0.3 is 0 Å². The van der Waals surface area contributed by atoms with E-state index in [2.05, 4.69) is 30.6 Å². The van der Waals surface area contributed by atoms with E-state index >= 15 is 0 Å². The summed E-state index contributed by atoms with van der Waals surface area (Å²) in [6.07, 6.45) is 4.43. The Kier molecular flexibility index (Phi) is 1.98. The summed E-state index contributed by atoms with van der Waals surface area (Å²) in [5.74, 6) is 1.16. The molecule has 1 aromatic heterocycles. The third-order valence-corrected chi connectivity index (χ3v) is 3.05. The molecule has 2 atom stereocenters. The van der Waals surface area contributed by atoms with E-state index in [1.54, 1.807) is 0 Å². The second-order valence-corrected chi connectivity index (χ2v) is 4.12. The lowest BCUT2D eigenvalue weighted by atomic mass is 9.79. The molecule has 0 saturated carbocycles. The van der Waals surface area contributed by atoms with Gasteiger partial charge in [-0.25, -0.2) is 0 Å². The maximum Gasteiger partial charge on any atom is 0.0528 e. The molecule has 0 amide bonds. The Labute approximate surface area is 79.1 Å². The second-order valence-electron chi connectivity index (χ2n) is 4.12. The third kappa shape index (κ3) is 1.30. The lowest BCUT2D eigenvalue weighted by Gasteiger charge is -2.26. The molecule has 0 aromatic carbocycles. The molecule has 1 N–H and O–H groups in total. The summed E-state index contributed by atoms with van der Waals surface area (Å²) in [7, 11) is 0.